The lowest BCUT2D eigenvalue weighted by atomic mass is 10.3. The molecule has 0 aliphatic rings. The number of amides is 2. The fraction of sp³-hybridized carbons (Fsp3) is 0.100. The van der Waals surface area contributed by atoms with Crippen LogP contribution in [0.5, 0.6) is 0 Å². The molecule has 0 radical (unpaired) electrons. The van der Waals surface area contributed by atoms with Crippen LogP contribution >= 0.6 is 22.6 Å². The first-order valence-corrected chi connectivity index (χ1v) is 5.32. The lowest BCUT2D eigenvalue weighted by molar-refractivity contribution is 0.253. The maximum absolute atomic E-state index is 12.7. The predicted molar refractivity (Wildman–Crippen MR) is 66.3 cm³/mol. The maximum atomic E-state index is 12.7. The van der Waals surface area contributed by atoms with E-state index < -0.39 is 0 Å². The molecular weight excluding hydrogens is 310 g/mol. The molecule has 0 saturated carbocycles. The summed E-state index contributed by atoms with van der Waals surface area (Å²) in [6.07, 6.45) is 1.58. The van der Waals surface area contributed by atoms with Crippen LogP contribution in [0.2, 0.25) is 0 Å². The SMILES string of the molecule is C=CCNC(=O)Nc1ccc(F)cc1I. The number of hydrogen-bond donors (Lipinski definition) is 2. The number of benzene rings is 1. The molecule has 15 heavy (non-hydrogen) atoms. The van der Waals surface area contributed by atoms with Gasteiger partial charge in [-0.25, -0.2) is 9.18 Å². The number of anilines is 1. The molecule has 1 aromatic rings. The molecule has 0 unspecified atom stereocenters. The van der Waals surface area contributed by atoms with Crippen LogP contribution in [0.4, 0.5) is 14.9 Å². The zero-order chi connectivity index (χ0) is 11.3. The van der Waals surface area contributed by atoms with E-state index in [0.29, 0.717) is 15.8 Å². The molecule has 0 aromatic heterocycles. The van der Waals surface area contributed by atoms with E-state index in [1.165, 1.54) is 18.2 Å². The predicted octanol–water partition coefficient (Wildman–Crippen LogP) is 2.74. The molecule has 0 aliphatic heterocycles. The normalized spacial score (nSPS) is 9.47. The van der Waals surface area contributed by atoms with Crippen molar-refractivity contribution in [2.45, 2.75) is 0 Å². The van der Waals surface area contributed by atoms with Crippen LogP contribution in [0.25, 0.3) is 0 Å². The summed E-state index contributed by atoms with van der Waals surface area (Å²) >= 11 is 1.95. The van der Waals surface area contributed by atoms with Gasteiger partial charge in [0, 0.05) is 10.1 Å². The van der Waals surface area contributed by atoms with Crippen molar-refractivity contribution in [3.8, 4) is 0 Å². The molecule has 0 spiro atoms. The molecule has 0 heterocycles. The molecule has 0 aliphatic carbocycles. The van der Waals surface area contributed by atoms with E-state index in [0.717, 1.165) is 0 Å². The van der Waals surface area contributed by atoms with Gasteiger partial charge >= 0.3 is 6.03 Å². The minimum absolute atomic E-state index is 0.323. The minimum atomic E-state index is -0.334. The number of urea groups is 1. The summed E-state index contributed by atoms with van der Waals surface area (Å²) in [4.78, 5) is 11.2. The average Bonchev–Trinajstić information content (AvgIpc) is 2.19. The molecule has 5 heteroatoms. The summed E-state index contributed by atoms with van der Waals surface area (Å²) in [6.45, 7) is 3.87. The molecule has 0 bridgehead atoms. The third-order valence-electron chi connectivity index (χ3n) is 1.59. The first kappa shape index (κ1) is 12.0. The van der Waals surface area contributed by atoms with Gasteiger partial charge < -0.3 is 10.6 Å². The van der Waals surface area contributed by atoms with Crippen LogP contribution in [0.3, 0.4) is 0 Å². The molecule has 1 rings (SSSR count). The van der Waals surface area contributed by atoms with Crippen molar-refractivity contribution in [2.24, 2.45) is 0 Å². The Balaban J connectivity index is 2.64. The Kier molecular flexibility index (Phi) is 4.54. The Morgan fingerprint density at radius 1 is 1.60 bits per heavy atom. The third kappa shape index (κ3) is 3.86. The minimum Gasteiger partial charge on any atom is -0.334 e. The first-order chi connectivity index (χ1) is 7.13. The number of carbonyl (C=O) groups excluding carboxylic acids is 1. The zero-order valence-electron chi connectivity index (χ0n) is 7.89. The molecule has 2 amide bonds. The van der Waals surface area contributed by atoms with Crippen molar-refractivity contribution in [1.29, 1.82) is 0 Å². The molecule has 0 saturated heterocycles. The van der Waals surface area contributed by atoms with Gasteiger partial charge in [-0.15, -0.1) is 6.58 Å². The second-order valence-electron chi connectivity index (χ2n) is 2.75. The fourth-order valence-electron chi connectivity index (χ4n) is 0.922. The first-order valence-electron chi connectivity index (χ1n) is 4.24. The van der Waals surface area contributed by atoms with Crippen molar-refractivity contribution in [3.05, 3.63) is 40.2 Å². The van der Waals surface area contributed by atoms with Gasteiger partial charge in [-0.3, -0.25) is 0 Å². The number of nitrogens with one attached hydrogen (secondary N) is 2. The Labute approximate surface area is 101 Å². The highest BCUT2D eigenvalue weighted by Gasteiger charge is 2.04. The van der Waals surface area contributed by atoms with Gasteiger partial charge in [0.2, 0.25) is 0 Å². The van der Waals surface area contributed by atoms with Crippen LogP contribution in [-0.4, -0.2) is 12.6 Å². The highest BCUT2D eigenvalue weighted by atomic mass is 127. The highest BCUT2D eigenvalue weighted by Crippen LogP contribution is 2.18. The lowest BCUT2D eigenvalue weighted by Gasteiger charge is -2.07. The molecule has 80 valence electrons. The third-order valence-corrected chi connectivity index (χ3v) is 2.48. The Morgan fingerprint density at radius 2 is 2.33 bits per heavy atom. The topological polar surface area (TPSA) is 41.1 Å². The molecular formula is C10H10FIN2O. The molecule has 0 fully saturated rings. The summed E-state index contributed by atoms with van der Waals surface area (Å²) in [5.41, 5.74) is 0.582. The average molecular weight is 320 g/mol. The number of halogens is 2. The number of rotatable bonds is 3. The van der Waals surface area contributed by atoms with Crippen LogP contribution in [0.1, 0.15) is 0 Å². The van der Waals surface area contributed by atoms with Gasteiger partial charge in [0.1, 0.15) is 5.82 Å². The van der Waals surface area contributed by atoms with Crippen molar-refractivity contribution in [3.63, 3.8) is 0 Å². The van der Waals surface area contributed by atoms with Gasteiger partial charge in [-0.2, -0.15) is 0 Å². The van der Waals surface area contributed by atoms with E-state index in [2.05, 4.69) is 17.2 Å². The fourth-order valence-corrected chi connectivity index (χ4v) is 1.53. The van der Waals surface area contributed by atoms with Crippen LogP contribution in [0.15, 0.2) is 30.9 Å². The van der Waals surface area contributed by atoms with Crippen LogP contribution < -0.4 is 10.6 Å². The standard InChI is InChI=1S/C10H10FIN2O/c1-2-5-13-10(15)14-9-4-3-7(11)6-8(9)12/h2-4,6H,1,5H2,(H2,13,14,15). The summed E-state index contributed by atoms with van der Waals surface area (Å²) in [6, 6.07) is 3.83. The highest BCUT2D eigenvalue weighted by molar-refractivity contribution is 14.1. The summed E-state index contributed by atoms with van der Waals surface area (Å²) in [5, 5.41) is 5.16. The van der Waals surface area contributed by atoms with Gasteiger partial charge in [0.15, 0.2) is 0 Å². The second-order valence-corrected chi connectivity index (χ2v) is 3.91. The lowest BCUT2D eigenvalue weighted by Crippen LogP contribution is -2.28. The van der Waals surface area contributed by atoms with Crippen molar-refractivity contribution < 1.29 is 9.18 Å². The summed E-state index contributed by atoms with van der Waals surface area (Å²) in [7, 11) is 0. The smallest absolute Gasteiger partial charge is 0.319 e. The largest absolute Gasteiger partial charge is 0.334 e. The molecule has 2 N–H and O–H groups in total. The van der Waals surface area contributed by atoms with E-state index in [9.17, 15) is 9.18 Å². The van der Waals surface area contributed by atoms with E-state index in [-0.39, 0.29) is 11.8 Å². The number of carbonyl (C=O) groups is 1. The van der Waals surface area contributed by atoms with Crippen molar-refractivity contribution in [1.82, 2.24) is 5.32 Å². The molecule has 3 nitrogen and oxygen atoms in total. The molecule has 0 atom stereocenters. The Bertz CT molecular complexity index is 382. The summed E-state index contributed by atoms with van der Waals surface area (Å²) < 4.78 is 13.4. The maximum Gasteiger partial charge on any atom is 0.319 e. The van der Waals surface area contributed by atoms with Gasteiger partial charge in [-0.05, 0) is 40.8 Å². The quantitative estimate of drug-likeness (QED) is 0.653. The number of hydrogen-bond acceptors (Lipinski definition) is 1. The van der Waals surface area contributed by atoms with E-state index in [4.69, 9.17) is 0 Å². The van der Waals surface area contributed by atoms with E-state index >= 15 is 0 Å². The van der Waals surface area contributed by atoms with E-state index in [1.807, 2.05) is 22.6 Å². The van der Waals surface area contributed by atoms with Crippen molar-refractivity contribution in [2.75, 3.05) is 11.9 Å². The Hall–Kier alpha value is -1.11. The molecule has 1 aromatic carbocycles. The second kappa shape index (κ2) is 5.69. The monoisotopic (exact) mass is 320 g/mol. The van der Waals surface area contributed by atoms with Gasteiger partial charge in [0.25, 0.3) is 0 Å². The zero-order valence-corrected chi connectivity index (χ0v) is 10.0. The summed E-state index contributed by atoms with van der Waals surface area (Å²) in [5.74, 6) is -0.323. The van der Waals surface area contributed by atoms with Crippen LogP contribution in [-0.2, 0) is 0 Å². The van der Waals surface area contributed by atoms with Crippen LogP contribution in [0, 0.1) is 9.39 Å². The van der Waals surface area contributed by atoms with Crippen molar-refractivity contribution >= 4 is 34.3 Å². The van der Waals surface area contributed by atoms with Gasteiger partial charge in [-0.1, -0.05) is 6.08 Å². The Morgan fingerprint density at radius 3 is 2.93 bits per heavy atom. The van der Waals surface area contributed by atoms with E-state index in [1.54, 1.807) is 6.08 Å². The van der Waals surface area contributed by atoms with Gasteiger partial charge in [0.05, 0.1) is 5.69 Å².